The molecule has 0 spiro atoms. The first kappa shape index (κ1) is 6.50. The molecule has 4 heteroatoms. The van der Waals surface area contributed by atoms with Gasteiger partial charge in [0.25, 0.3) is 0 Å². The van der Waals surface area contributed by atoms with Crippen molar-refractivity contribution in [3.8, 4) is 5.88 Å². The molecule has 1 aromatic heterocycles. The molecule has 0 fully saturated rings. The molecule has 2 N–H and O–H groups in total. The third-order valence-electron chi connectivity index (χ3n) is 0.436. The summed E-state index contributed by atoms with van der Waals surface area (Å²) in [5, 5.41) is 13.9. The van der Waals surface area contributed by atoms with Crippen LogP contribution in [-0.4, -0.2) is 15.3 Å². The zero-order valence-electron chi connectivity index (χ0n) is 3.29. The van der Waals surface area contributed by atoms with Gasteiger partial charge in [0.2, 0.25) is 0 Å². The number of aromatic amines is 1. The van der Waals surface area contributed by atoms with Crippen LogP contribution in [0.15, 0.2) is 6.07 Å². The number of aromatic nitrogens is 2. The topological polar surface area (TPSA) is 48.9 Å². The third kappa shape index (κ3) is 1.60. The fraction of sp³-hybridized carbons (Fsp3) is 0. The second-order valence-corrected chi connectivity index (χ2v) is 0.882. The van der Waals surface area contributed by atoms with Crippen molar-refractivity contribution in [2.24, 2.45) is 0 Å². The molecule has 1 rings (SSSR count). The maximum atomic E-state index is 8.32. The van der Waals surface area contributed by atoms with Gasteiger partial charge in [0.15, 0.2) is 0 Å². The van der Waals surface area contributed by atoms with Crippen molar-refractivity contribution < 1.29 is 21.6 Å². The average Bonchev–Trinajstić information content (AvgIpc) is 1.86. The Balaban J connectivity index is 0.000000360. The summed E-state index contributed by atoms with van der Waals surface area (Å²) >= 11 is 0. The van der Waals surface area contributed by atoms with Gasteiger partial charge in [-0.15, -0.1) is 6.20 Å². The van der Waals surface area contributed by atoms with E-state index in [-0.39, 0.29) is 22.4 Å². The Morgan fingerprint density at radius 3 is 2.71 bits per heavy atom. The Labute approximate surface area is 50.7 Å². The molecular weight excluding hydrogens is 139 g/mol. The molecule has 0 amide bonds. The quantitative estimate of drug-likeness (QED) is 0.392. The third-order valence-corrected chi connectivity index (χ3v) is 0.436. The molecule has 0 aliphatic heterocycles. The van der Waals surface area contributed by atoms with Crippen LogP contribution in [0.5, 0.6) is 5.88 Å². The van der Waals surface area contributed by atoms with Gasteiger partial charge in [0, 0.05) is 22.4 Å². The van der Waals surface area contributed by atoms with Gasteiger partial charge in [-0.25, -0.2) is 0 Å². The fourth-order valence-electron chi connectivity index (χ4n) is 0.215. The molecule has 0 aromatic carbocycles. The maximum absolute atomic E-state index is 8.32. The summed E-state index contributed by atoms with van der Waals surface area (Å²) in [6.07, 6.45) is 2.37. The van der Waals surface area contributed by atoms with Crippen LogP contribution in [0.2, 0.25) is 0 Å². The summed E-state index contributed by atoms with van der Waals surface area (Å²) < 4.78 is 0. The summed E-state index contributed by atoms with van der Waals surface area (Å²) in [6, 6.07) is 1.35. The van der Waals surface area contributed by atoms with Crippen LogP contribution in [0, 0.1) is 6.20 Å². The van der Waals surface area contributed by atoms with E-state index in [0.717, 1.165) is 0 Å². The van der Waals surface area contributed by atoms with Crippen LogP contribution in [0.25, 0.3) is 0 Å². The molecule has 1 heterocycles. The normalized spacial score (nSPS) is 7.43. The maximum Gasteiger partial charge on any atom is 0.0464 e. The van der Waals surface area contributed by atoms with E-state index >= 15 is 0 Å². The Morgan fingerprint density at radius 2 is 2.57 bits per heavy atom. The van der Waals surface area contributed by atoms with Crippen LogP contribution in [-0.2, 0) is 16.5 Å². The molecule has 0 saturated heterocycles. The minimum absolute atomic E-state index is 0. The van der Waals surface area contributed by atoms with Gasteiger partial charge in [-0.2, -0.15) is 6.07 Å². The van der Waals surface area contributed by atoms with Crippen LogP contribution in [0.3, 0.4) is 0 Å². The first-order valence-electron chi connectivity index (χ1n) is 1.50. The Kier molecular flexibility index (Phi) is 2.45. The standard InChI is InChI=1S/C3H3N2O.Ni/c6-3-1-2-4-5-3;/h1H,(H2,4,5,6);/q-1;. The monoisotopic (exact) mass is 141 g/mol. The minimum Gasteiger partial charge on any atom is -0.577 e. The van der Waals surface area contributed by atoms with E-state index in [0.29, 0.717) is 0 Å². The zero-order chi connectivity index (χ0) is 4.41. The minimum atomic E-state index is 0. The molecule has 0 bridgehead atoms. The largest absolute Gasteiger partial charge is 0.577 e. The van der Waals surface area contributed by atoms with E-state index in [1.807, 2.05) is 0 Å². The van der Waals surface area contributed by atoms with Crippen molar-refractivity contribution >= 4 is 0 Å². The van der Waals surface area contributed by atoms with E-state index in [1.54, 1.807) is 0 Å². The molecular formula is C3H3N2NiO-. The molecule has 0 saturated carbocycles. The summed E-state index contributed by atoms with van der Waals surface area (Å²) in [7, 11) is 0. The summed E-state index contributed by atoms with van der Waals surface area (Å²) in [5.41, 5.74) is 0. The van der Waals surface area contributed by atoms with Gasteiger partial charge in [0.1, 0.15) is 0 Å². The van der Waals surface area contributed by atoms with Gasteiger partial charge < -0.3 is 15.3 Å². The number of hydrogen-bond donors (Lipinski definition) is 2. The van der Waals surface area contributed by atoms with Gasteiger partial charge >= 0.3 is 0 Å². The summed E-state index contributed by atoms with van der Waals surface area (Å²) in [5.74, 6) is 0.0509. The van der Waals surface area contributed by atoms with Gasteiger partial charge in [-0.3, -0.25) is 0 Å². The summed E-state index contributed by atoms with van der Waals surface area (Å²) in [4.78, 5) is 0. The van der Waals surface area contributed by atoms with E-state index in [4.69, 9.17) is 5.11 Å². The predicted molar refractivity (Wildman–Crippen MR) is 19.1 cm³/mol. The van der Waals surface area contributed by atoms with E-state index < -0.39 is 0 Å². The molecule has 7 heavy (non-hydrogen) atoms. The number of hydrogen-bond acceptors (Lipinski definition) is 2. The smallest absolute Gasteiger partial charge is 0.0464 e. The van der Waals surface area contributed by atoms with Crippen LogP contribution >= 0.6 is 0 Å². The van der Waals surface area contributed by atoms with E-state index in [9.17, 15) is 0 Å². The molecule has 0 aliphatic carbocycles. The molecule has 42 valence electrons. The predicted octanol–water partition coefficient (Wildman–Crippen LogP) is -0.0870. The Morgan fingerprint density at radius 1 is 1.86 bits per heavy atom. The number of aromatic hydroxyl groups is 1. The molecule has 0 atom stereocenters. The number of rotatable bonds is 0. The van der Waals surface area contributed by atoms with Crippen molar-refractivity contribution in [1.82, 2.24) is 10.2 Å². The first-order chi connectivity index (χ1) is 2.89. The second-order valence-electron chi connectivity index (χ2n) is 0.882. The van der Waals surface area contributed by atoms with Crippen molar-refractivity contribution in [3.05, 3.63) is 12.3 Å². The van der Waals surface area contributed by atoms with E-state index in [1.165, 1.54) is 6.07 Å². The molecule has 3 nitrogen and oxygen atoms in total. The molecule has 0 unspecified atom stereocenters. The van der Waals surface area contributed by atoms with Crippen molar-refractivity contribution in [1.29, 1.82) is 0 Å². The summed E-state index contributed by atoms with van der Waals surface area (Å²) in [6.45, 7) is 0. The Bertz CT molecular complexity index is 116. The number of H-pyrrole nitrogens is 1. The average molecular weight is 142 g/mol. The molecule has 0 aliphatic rings. The van der Waals surface area contributed by atoms with Crippen molar-refractivity contribution in [2.45, 2.75) is 0 Å². The van der Waals surface area contributed by atoms with E-state index in [2.05, 4.69) is 16.4 Å². The number of nitrogens with one attached hydrogen (secondary N) is 1. The Hall–Kier alpha value is -0.496. The van der Waals surface area contributed by atoms with Crippen LogP contribution < -0.4 is 0 Å². The van der Waals surface area contributed by atoms with Crippen molar-refractivity contribution in [2.75, 3.05) is 0 Å². The second kappa shape index (κ2) is 2.64. The molecule has 0 radical (unpaired) electrons. The van der Waals surface area contributed by atoms with Crippen molar-refractivity contribution in [3.63, 3.8) is 0 Å². The molecule has 1 aromatic rings. The number of nitrogens with zero attached hydrogens (tertiary/aromatic N) is 1. The van der Waals surface area contributed by atoms with Gasteiger partial charge in [-0.1, -0.05) is 0 Å². The zero-order valence-corrected chi connectivity index (χ0v) is 4.28. The van der Waals surface area contributed by atoms with Crippen LogP contribution in [0.4, 0.5) is 0 Å². The van der Waals surface area contributed by atoms with Crippen LogP contribution in [0.1, 0.15) is 0 Å². The van der Waals surface area contributed by atoms with Gasteiger partial charge in [-0.05, 0) is 0 Å². The SMILES string of the molecule is Oc1c[c-]n[nH]1.[Ni]. The fourth-order valence-corrected chi connectivity index (χ4v) is 0.215. The first-order valence-corrected chi connectivity index (χ1v) is 1.50. The van der Waals surface area contributed by atoms with Gasteiger partial charge in [0.05, 0.1) is 0 Å².